The minimum atomic E-state index is -0.385. The third kappa shape index (κ3) is 3.35. The Kier molecular flexibility index (Phi) is 4.90. The molecule has 9 heteroatoms. The van der Waals surface area contributed by atoms with Crippen LogP contribution in [-0.4, -0.2) is 60.1 Å². The molecule has 9 nitrogen and oxygen atoms in total. The van der Waals surface area contributed by atoms with E-state index in [1.54, 1.807) is 21.9 Å². The number of carbonyl (C=O) groups is 2. The maximum Gasteiger partial charge on any atom is 0.246 e. The van der Waals surface area contributed by atoms with E-state index in [1.807, 2.05) is 24.4 Å². The van der Waals surface area contributed by atoms with E-state index < -0.39 is 0 Å². The Morgan fingerprint density at radius 3 is 2.91 bits per heavy atom. The van der Waals surface area contributed by atoms with Crippen LogP contribution >= 0.6 is 0 Å². The molecule has 1 aliphatic heterocycles. The predicted molar refractivity (Wildman–Crippen MR) is 127 cm³/mol. The summed E-state index contributed by atoms with van der Waals surface area (Å²) >= 11 is 0. The van der Waals surface area contributed by atoms with Crippen molar-refractivity contribution in [3.63, 3.8) is 0 Å². The van der Waals surface area contributed by atoms with Gasteiger partial charge < -0.3 is 15.2 Å². The monoisotopic (exact) mass is 455 g/mol. The number of H-pyrrole nitrogens is 1. The standard InChI is InChI=1S/C25H25N7O2/c1-2-23(33)31-10-4-6-22(31)25(34)29-16-11-15(12-16)20-13-18-17(7-9-26-24(18)30-20)19-14-28-32-21(19)5-3-8-27-32/h2-3,5,7-9,13-16,22H,1,4,6,10-12H2,(H,26,30)(H,29,34)/t15-,16+,22-/m0/s1. The topological polar surface area (TPSA) is 108 Å². The van der Waals surface area contributed by atoms with E-state index in [2.05, 4.69) is 38.1 Å². The maximum absolute atomic E-state index is 12.8. The van der Waals surface area contributed by atoms with Crippen molar-refractivity contribution >= 4 is 28.4 Å². The van der Waals surface area contributed by atoms with Crippen LogP contribution in [0.5, 0.6) is 0 Å². The van der Waals surface area contributed by atoms with Crippen molar-refractivity contribution in [3.05, 3.63) is 61.2 Å². The summed E-state index contributed by atoms with van der Waals surface area (Å²) in [5, 5.41) is 12.8. The van der Waals surface area contributed by atoms with Crippen LogP contribution in [0.3, 0.4) is 0 Å². The molecule has 1 aliphatic carbocycles. The van der Waals surface area contributed by atoms with E-state index in [-0.39, 0.29) is 23.9 Å². The van der Waals surface area contributed by atoms with Crippen LogP contribution in [0.15, 0.2) is 55.5 Å². The number of likely N-dealkylation sites (tertiary alicyclic amines) is 1. The van der Waals surface area contributed by atoms with Crippen LogP contribution in [0.25, 0.3) is 27.7 Å². The zero-order valence-electron chi connectivity index (χ0n) is 18.6. The Balaban J connectivity index is 1.17. The predicted octanol–water partition coefficient (Wildman–Crippen LogP) is 2.81. The third-order valence-corrected chi connectivity index (χ3v) is 7.08. The molecule has 2 N–H and O–H groups in total. The smallest absolute Gasteiger partial charge is 0.246 e. The lowest BCUT2D eigenvalue weighted by Crippen LogP contribution is -2.51. The van der Waals surface area contributed by atoms with Crippen LogP contribution in [0, 0.1) is 0 Å². The number of aromatic nitrogens is 5. The van der Waals surface area contributed by atoms with Crippen molar-refractivity contribution < 1.29 is 9.59 Å². The molecule has 0 unspecified atom stereocenters. The van der Waals surface area contributed by atoms with Gasteiger partial charge in [0.05, 0.1) is 11.7 Å². The number of aromatic amines is 1. The van der Waals surface area contributed by atoms with Gasteiger partial charge in [-0.15, -0.1) is 0 Å². The second-order valence-electron chi connectivity index (χ2n) is 9.07. The number of rotatable bonds is 5. The molecular weight excluding hydrogens is 430 g/mol. The number of nitrogens with one attached hydrogen (secondary N) is 2. The lowest BCUT2D eigenvalue weighted by Gasteiger charge is -2.36. The lowest BCUT2D eigenvalue weighted by molar-refractivity contribution is -0.135. The summed E-state index contributed by atoms with van der Waals surface area (Å²) in [6.07, 6.45) is 9.91. The fraction of sp³-hybridized carbons (Fsp3) is 0.320. The van der Waals surface area contributed by atoms with Crippen molar-refractivity contribution in [2.45, 2.75) is 43.7 Å². The summed E-state index contributed by atoms with van der Waals surface area (Å²) in [6.45, 7) is 4.16. The summed E-state index contributed by atoms with van der Waals surface area (Å²) in [5.41, 5.74) is 4.99. The van der Waals surface area contributed by atoms with E-state index in [1.165, 1.54) is 6.08 Å². The molecule has 172 valence electrons. The molecule has 4 aromatic heterocycles. The zero-order valence-corrected chi connectivity index (χ0v) is 18.6. The Morgan fingerprint density at radius 1 is 1.18 bits per heavy atom. The van der Waals surface area contributed by atoms with Gasteiger partial charge in [0.15, 0.2) is 0 Å². The van der Waals surface area contributed by atoms with E-state index >= 15 is 0 Å². The summed E-state index contributed by atoms with van der Waals surface area (Å²) in [4.78, 5) is 34.4. The highest BCUT2D eigenvalue weighted by Gasteiger charge is 2.37. The van der Waals surface area contributed by atoms with Crippen LogP contribution in [-0.2, 0) is 9.59 Å². The number of hydrogen-bond donors (Lipinski definition) is 2. The second-order valence-corrected chi connectivity index (χ2v) is 9.07. The quantitative estimate of drug-likeness (QED) is 0.450. The fourth-order valence-corrected chi connectivity index (χ4v) is 5.25. The van der Waals surface area contributed by atoms with Crippen LogP contribution < -0.4 is 5.32 Å². The molecule has 1 atom stereocenters. The third-order valence-electron chi connectivity index (χ3n) is 7.08. The Bertz CT molecular complexity index is 1420. The second kappa shape index (κ2) is 8.09. The number of fused-ring (bicyclic) bond motifs is 2. The van der Waals surface area contributed by atoms with Gasteiger partial charge in [0, 0.05) is 47.5 Å². The van der Waals surface area contributed by atoms with Gasteiger partial charge in [-0.05, 0) is 61.6 Å². The first-order chi connectivity index (χ1) is 16.6. The van der Waals surface area contributed by atoms with Gasteiger partial charge in [-0.2, -0.15) is 14.8 Å². The van der Waals surface area contributed by atoms with Crippen LogP contribution in [0.2, 0.25) is 0 Å². The van der Waals surface area contributed by atoms with Gasteiger partial charge in [0.25, 0.3) is 0 Å². The van der Waals surface area contributed by atoms with Crippen molar-refractivity contribution in [2.24, 2.45) is 0 Å². The number of amides is 2. The fourth-order valence-electron chi connectivity index (χ4n) is 5.25. The Labute approximate surface area is 195 Å². The zero-order chi connectivity index (χ0) is 23.2. The number of pyridine rings is 1. The summed E-state index contributed by atoms with van der Waals surface area (Å²) in [6, 6.07) is 7.81. The van der Waals surface area contributed by atoms with Gasteiger partial charge in [0.1, 0.15) is 11.7 Å². The van der Waals surface area contributed by atoms with Crippen molar-refractivity contribution in [2.75, 3.05) is 6.54 Å². The van der Waals surface area contributed by atoms with E-state index in [9.17, 15) is 9.59 Å². The number of hydrogen-bond acceptors (Lipinski definition) is 5. The maximum atomic E-state index is 12.8. The largest absolute Gasteiger partial charge is 0.352 e. The first-order valence-corrected chi connectivity index (χ1v) is 11.6. The molecule has 0 bridgehead atoms. The molecule has 2 amide bonds. The molecule has 4 aromatic rings. The van der Waals surface area contributed by atoms with Gasteiger partial charge in [-0.1, -0.05) is 6.58 Å². The summed E-state index contributed by atoms with van der Waals surface area (Å²) in [7, 11) is 0. The average molecular weight is 456 g/mol. The van der Waals surface area contributed by atoms with Crippen molar-refractivity contribution in [3.8, 4) is 11.1 Å². The van der Waals surface area contributed by atoms with Gasteiger partial charge in [0.2, 0.25) is 11.8 Å². The highest BCUT2D eigenvalue weighted by molar-refractivity contribution is 5.97. The summed E-state index contributed by atoms with van der Waals surface area (Å²) in [5.74, 6) is 0.0957. The molecule has 0 spiro atoms. The lowest BCUT2D eigenvalue weighted by atomic mass is 9.78. The van der Waals surface area contributed by atoms with Gasteiger partial charge in [-0.25, -0.2) is 4.98 Å². The highest BCUT2D eigenvalue weighted by Crippen LogP contribution is 2.39. The molecule has 1 saturated heterocycles. The SMILES string of the molecule is C=CC(=O)N1CCC[C@H]1C(=O)N[C@H]1C[C@@H](c2cc3c(-c4cnn5ncccc45)ccnc3[nH]2)C1. The highest BCUT2D eigenvalue weighted by atomic mass is 16.2. The van der Waals surface area contributed by atoms with Crippen LogP contribution in [0.1, 0.15) is 37.3 Å². The van der Waals surface area contributed by atoms with Crippen LogP contribution in [0.4, 0.5) is 0 Å². The van der Waals surface area contributed by atoms with E-state index in [4.69, 9.17) is 0 Å². The number of carbonyl (C=O) groups excluding carboxylic acids is 2. The molecule has 0 aromatic carbocycles. The molecule has 5 heterocycles. The molecule has 34 heavy (non-hydrogen) atoms. The van der Waals surface area contributed by atoms with E-state index in [0.717, 1.165) is 52.6 Å². The van der Waals surface area contributed by atoms with Gasteiger partial charge >= 0.3 is 0 Å². The van der Waals surface area contributed by atoms with Crippen molar-refractivity contribution in [1.82, 2.24) is 35.0 Å². The average Bonchev–Trinajstić information content (AvgIpc) is 3.57. The minimum absolute atomic E-state index is 0.0570. The molecule has 0 radical (unpaired) electrons. The Hall–Kier alpha value is -4.01. The normalized spacial score (nSPS) is 22.1. The van der Waals surface area contributed by atoms with E-state index in [0.29, 0.717) is 18.9 Å². The first-order valence-electron chi connectivity index (χ1n) is 11.6. The van der Waals surface area contributed by atoms with Gasteiger partial charge in [-0.3, -0.25) is 9.59 Å². The first kappa shape index (κ1) is 20.6. The summed E-state index contributed by atoms with van der Waals surface area (Å²) < 4.78 is 1.63. The Morgan fingerprint density at radius 2 is 2.06 bits per heavy atom. The molecular formula is C25H25N7O2. The minimum Gasteiger partial charge on any atom is -0.352 e. The molecule has 6 rings (SSSR count). The number of nitrogens with zero attached hydrogens (tertiary/aromatic N) is 5. The molecule has 2 aliphatic rings. The van der Waals surface area contributed by atoms with Crippen molar-refractivity contribution in [1.29, 1.82) is 0 Å². The molecule has 2 fully saturated rings. The molecule has 1 saturated carbocycles.